The molecule has 0 amide bonds. The molecule has 0 spiro atoms. The van der Waals surface area contributed by atoms with Crippen molar-refractivity contribution in [3.63, 3.8) is 0 Å². The van der Waals surface area contributed by atoms with Gasteiger partial charge in [0, 0.05) is 32.4 Å². The predicted molar refractivity (Wildman–Crippen MR) is 131 cm³/mol. The number of fused-ring (bicyclic) bond motifs is 1. The van der Waals surface area contributed by atoms with Gasteiger partial charge in [-0.05, 0) is 61.7 Å². The second-order valence-corrected chi connectivity index (χ2v) is 10.2. The van der Waals surface area contributed by atoms with Gasteiger partial charge in [-0.1, -0.05) is 0 Å². The van der Waals surface area contributed by atoms with Crippen molar-refractivity contribution < 1.29 is 22.3 Å². The lowest BCUT2D eigenvalue weighted by molar-refractivity contribution is -0.0100. The minimum atomic E-state index is -4.15. The third-order valence-electron chi connectivity index (χ3n) is 6.29. The zero-order valence-corrected chi connectivity index (χ0v) is 20.8. The van der Waals surface area contributed by atoms with Crippen LogP contribution in [0.5, 0.6) is 0 Å². The molecule has 1 fully saturated rings. The molecule has 11 heteroatoms. The summed E-state index contributed by atoms with van der Waals surface area (Å²) >= 11 is 0. The predicted octanol–water partition coefficient (Wildman–Crippen LogP) is 1.89. The molecule has 2 aromatic carbocycles. The van der Waals surface area contributed by atoms with Crippen LogP contribution in [0.3, 0.4) is 0 Å². The monoisotopic (exact) mass is 504 g/mol. The maximum Gasteiger partial charge on any atom is 0.261 e. The van der Waals surface area contributed by atoms with Gasteiger partial charge in [0.1, 0.15) is 16.5 Å². The van der Waals surface area contributed by atoms with Crippen molar-refractivity contribution in [3.8, 4) is 0 Å². The standard InChI is InChI=1S/C24H29FN4O5S/c1-15-10-23(35(26,31)32)21(25)11-17(15)6-7-29-16(2)27-22-12-18(4-5-20(22)24(29)30)28-8-9-34-19(13-28)14-33-3/h4-5,10-12,19H,6-9,13-14H2,1-3H3,(H2,26,31,32)/t19-/m1/s1. The second kappa shape index (κ2) is 10.0. The van der Waals surface area contributed by atoms with E-state index in [1.54, 1.807) is 31.6 Å². The average molecular weight is 505 g/mol. The molecule has 1 aliphatic rings. The number of hydrogen-bond acceptors (Lipinski definition) is 7. The van der Waals surface area contributed by atoms with E-state index in [1.165, 1.54) is 6.07 Å². The Morgan fingerprint density at radius 2 is 2.03 bits per heavy atom. The van der Waals surface area contributed by atoms with Crippen LogP contribution in [0, 0.1) is 19.7 Å². The van der Waals surface area contributed by atoms with E-state index < -0.39 is 20.7 Å². The van der Waals surface area contributed by atoms with Gasteiger partial charge in [0.2, 0.25) is 10.0 Å². The number of methoxy groups -OCH3 is 1. The lowest BCUT2D eigenvalue weighted by Crippen LogP contribution is -2.44. The smallest absolute Gasteiger partial charge is 0.261 e. The van der Waals surface area contributed by atoms with E-state index in [4.69, 9.17) is 14.6 Å². The number of hydrogen-bond donors (Lipinski definition) is 1. The lowest BCUT2D eigenvalue weighted by atomic mass is 10.1. The van der Waals surface area contributed by atoms with Gasteiger partial charge in [-0.3, -0.25) is 9.36 Å². The van der Waals surface area contributed by atoms with Crippen molar-refractivity contribution >= 4 is 26.6 Å². The molecular formula is C24H29FN4O5S. The van der Waals surface area contributed by atoms with E-state index in [-0.39, 0.29) is 18.2 Å². The quantitative estimate of drug-likeness (QED) is 0.522. The molecule has 1 aliphatic heterocycles. The van der Waals surface area contributed by atoms with Crippen LogP contribution < -0.4 is 15.6 Å². The summed E-state index contributed by atoms with van der Waals surface area (Å²) in [6.45, 7) is 6.25. The fourth-order valence-corrected chi connectivity index (χ4v) is 5.11. The molecule has 188 valence electrons. The molecular weight excluding hydrogens is 475 g/mol. The highest BCUT2D eigenvalue weighted by Crippen LogP contribution is 2.23. The van der Waals surface area contributed by atoms with Gasteiger partial charge in [-0.25, -0.2) is 22.9 Å². The summed E-state index contributed by atoms with van der Waals surface area (Å²) in [4.78, 5) is 19.5. The molecule has 0 radical (unpaired) electrons. The molecule has 0 aliphatic carbocycles. The van der Waals surface area contributed by atoms with Crippen LogP contribution >= 0.6 is 0 Å². The summed E-state index contributed by atoms with van der Waals surface area (Å²) in [5, 5.41) is 5.57. The first-order valence-electron chi connectivity index (χ1n) is 11.3. The molecule has 1 atom stereocenters. The number of halogens is 1. The van der Waals surface area contributed by atoms with Crippen LogP contribution in [0.4, 0.5) is 10.1 Å². The summed E-state index contributed by atoms with van der Waals surface area (Å²) < 4.78 is 49.9. The molecule has 0 saturated carbocycles. The van der Waals surface area contributed by atoms with Crippen LogP contribution in [0.1, 0.15) is 17.0 Å². The van der Waals surface area contributed by atoms with Crippen LogP contribution in [0.2, 0.25) is 0 Å². The summed E-state index contributed by atoms with van der Waals surface area (Å²) in [5.41, 5.74) is 2.56. The van der Waals surface area contributed by atoms with Crippen molar-refractivity contribution in [2.24, 2.45) is 5.14 Å². The van der Waals surface area contributed by atoms with Crippen molar-refractivity contribution in [1.29, 1.82) is 0 Å². The number of aryl methyl sites for hydroxylation is 3. The fourth-order valence-electron chi connectivity index (χ4n) is 4.44. The van der Waals surface area contributed by atoms with E-state index >= 15 is 0 Å². The van der Waals surface area contributed by atoms with Gasteiger partial charge in [0.15, 0.2) is 0 Å². The van der Waals surface area contributed by atoms with Crippen LogP contribution in [0.15, 0.2) is 40.0 Å². The number of primary sulfonamides is 1. The maximum absolute atomic E-state index is 14.3. The first-order chi connectivity index (χ1) is 16.6. The Morgan fingerprint density at radius 1 is 1.26 bits per heavy atom. The minimum Gasteiger partial charge on any atom is -0.382 e. The Labute approximate surface area is 203 Å². The molecule has 9 nitrogen and oxygen atoms in total. The highest BCUT2D eigenvalue weighted by molar-refractivity contribution is 7.89. The average Bonchev–Trinajstić information content (AvgIpc) is 2.80. The van der Waals surface area contributed by atoms with Crippen molar-refractivity contribution in [2.75, 3.05) is 38.3 Å². The SMILES string of the molecule is COC[C@H]1CN(c2ccc3c(=O)n(CCc4cc(F)c(S(N)(=O)=O)cc4C)c(C)nc3c2)CCO1. The molecule has 35 heavy (non-hydrogen) atoms. The summed E-state index contributed by atoms with van der Waals surface area (Å²) in [6.07, 6.45) is 0.313. The molecule has 2 N–H and O–H groups in total. The largest absolute Gasteiger partial charge is 0.382 e. The number of benzene rings is 2. The van der Waals surface area contributed by atoms with Crippen LogP contribution in [-0.4, -0.2) is 57.5 Å². The molecule has 1 aromatic heterocycles. The van der Waals surface area contributed by atoms with Crippen LogP contribution in [-0.2, 0) is 32.5 Å². The van der Waals surface area contributed by atoms with Gasteiger partial charge in [-0.15, -0.1) is 0 Å². The summed E-state index contributed by atoms with van der Waals surface area (Å²) in [7, 11) is -2.51. The van der Waals surface area contributed by atoms with Gasteiger partial charge in [-0.2, -0.15) is 0 Å². The normalized spacial score (nSPS) is 16.7. The second-order valence-electron chi connectivity index (χ2n) is 8.72. The zero-order chi connectivity index (χ0) is 25.3. The summed E-state index contributed by atoms with van der Waals surface area (Å²) in [5.74, 6) is -0.365. The van der Waals surface area contributed by atoms with E-state index in [0.29, 0.717) is 54.0 Å². The van der Waals surface area contributed by atoms with Gasteiger partial charge >= 0.3 is 0 Å². The Kier molecular flexibility index (Phi) is 7.22. The van der Waals surface area contributed by atoms with Crippen LogP contribution in [0.25, 0.3) is 10.9 Å². The minimum absolute atomic E-state index is 0.0144. The van der Waals surface area contributed by atoms with Gasteiger partial charge < -0.3 is 14.4 Å². The molecule has 1 saturated heterocycles. The Hall–Kier alpha value is -2.86. The van der Waals surface area contributed by atoms with Crippen molar-refractivity contribution in [2.45, 2.75) is 37.8 Å². The maximum atomic E-state index is 14.3. The highest BCUT2D eigenvalue weighted by Gasteiger charge is 2.22. The third kappa shape index (κ3) is 5.37. The molecule has 3 aromatic rings. The van der Waals surface area contributed by atoms with Gasteiger partial charge in [0.05, 0.1) is 30.2 Å². The fraction of sp³-hybridized carbons (Fsp3) is 0.417. The number of aromatic nitrogens is 2. The zero-order valence-electron chi connectivity index (χ0n) is 20.0. The number of nitrogens with zero attached hydrogens (tertiary/aromatic N) is 3. The third-order valence-corrected chi connectivity index (χ3v) is 7.21. The number of ether oxygens (including phenoxy) is 2. The van der Waals surface area contributed by atoms with E-state index in [2.05, 4.69) is 9.88 Å². The topological polar surface area (TPSA) is 117 Å². The van der Waals surface area contributed by atoms with Crippen molar-refractivity contribution in [1.82, 2.24) is 9.55 Å². The molecule has 2 heterocycles. The highest BCUT2D eigenvalue weighted by atomic mass is 32.2. The van der Waals surface area contributed by atoms with E-state index in [9.17, 15) is 17.6 Å². The first kappa shape index (κ1) is 25.2. The Bertz CT molecular complexity index is 1420. The number of sulfonamides is 1. The molecule has 4 rings (SSSR count). The molecule has 0 unspecified atom stereocenters. The number of rotatable bonds is 7. The number of anilines is 1. The molecule has 0 bridgehead atoms. The number of morpholine rings is 1. The van der Waals surface area contributed by atoms with Crippen molar-refractivity contribution in [3.05, 3.63) is 63.5 Å². The van der Waals surface area contributed by atoms with Gasteiger partial charge in [0.25, 0.3) is 5.56 Å². The lowest BCUT2D eigenvalue weighted by Gasteiger charge is -2.34. The summed E-state index contributed by atoms with van der Waals surface area (Å²) in [6, 6.07) is 7.98. The van der Waals surface area contributed by atoms with E-state index in [0.717, 1.165) is 18.3 Å². The first-order valence-corrected chi connectivity index (χ1v) is 12.8. The Morgan fingerprint density at radius 3 is 2.74 bits per heavy atom. The van der Waals surface area contributed by atoms with E-state index in [1.807, 2.05) is 12.1 Å². The Balaban J connectivity index is 1.59. The number of nitrogens with two attached hydrogens (primary N) is 1.